The summed E-state index contributed by atoms with van der Waals surface area (Å²) < 4.78 is 22.0. The van der Waals surface area contributed by atoms with E-state index in [1.165, 1.54) is 4.90 Å². The van der Waals surface area contributed by atoms with Crippen LogP contribution in [0.3, 0.4) is 0 Å². The number of pyridine rings is 1. The van der Waals surface area contributed by atoms with Gasteiger partial charge < -0.3 is 23.6 Å². The average molecular weight is 487 g/mol. The molecular weight excluding hydrogens is 471 g/mol. The van der Waals surface area contributed by atoms with E-state index in [1.54, 1.807) is 24.1 Å². The van der Waals surface area contributed by atoms with Crippen molar-refractivity contribution >= 4 is 19.6 Å². The smallest absolute Gasteiger partial charge is 0.790 e. The van der Waals surface area contributed by atoms with Crippen LogP contribution >= 0.6 is 7.82 Å². The maximum atomic E-state index is 12.3. The molecule has 1 fully saturated rings. The Morgan fingerprint density at radius 2 is 1.94 bits per heavy atom. The van der Waals surface area contributed by atoms with Gasteiger partial charge in [-0.25, -0.2) is 9.48 Å². The van der Waals surface area contributed by atoms with Crippen molar-refractivity contribution in [3.05, 3.63) is 48.3 Å². The summed E-state index contributed by atoms with van der Waals surface area (Å²) in [7, 11) is -3.35. The molecule has 0 saturated carbocycles. The third-order valence-corrected chi connectivity index (χ3v) is 5.91. The van der Waals surface area contributed by atoms with Crippen molar-refractivity contribution in [2.75, 3.05) is 11.5 Å². The summed E-state index contributed by atoms with van der Waals surface area (Å²) in [6, 6.07) is 9.06. The summed E-state index contributed by atoms with van der Waals surface area (Å²) in [4.78, 5) is 39.8. The predicted octanol–water partition coefficient (Wildman–Crippen LogP) is -5.35. The number of anilines is 1. The second-order valence-electron chi connectivity index (χ2n) is 7.33. The van der Waals surface area contributed by atoms with Crippen molar-refractivity contribution in [3.63, 3.8) is 0 Å². The molecule has 5 rings (SSSR count). The number of hydrogen-bond acceptors (Lipinski definition) is 9. The fourth-order valence-electron chi connectivity index (χ4n) is 4.00. The van der Waals surface area contributed by atoms with Gasteiger partial charge in [0.15, 0.2) is 0 Å². The van der Waals surface area contributed by atoms with Crippen LogP contribution in [0.15, 0.2) is 42.7 Å². The molecule has 0 bridgehead atoms. The van der Waals surface area contributed by atoms with Crippen molar-refractivity contribution in [1.29, 1.82) is 0 Å². The molecule has 1 saturated heterocycles. The number of carbonyl (C=O) groups is 1. The number of phosphoric acid groups is 1. The van der Waals surface area contributed by atoms with Crippen LogP contribution in [0.2, 0.25) is 0 Å². The zero-order valence-corrected chi connectivity index (χ0v) is 23.1. The normalized spacial score (nSPS) is 18.8. The first-order chi connectivity index (χ1) is 14.8. The van der Waals surface area contributed by atoms with Crippen LogP contribution in [0.25, 0.3) is 22.5 Å². The molecule has 4 heterocycles. The van der Waals surface area contributed by atoms with E-state index in [-0.39, 0.29) is 59.1 Å². The van der Waals surface area contributed by atoms with Crippen molar-refractivity contribution in [2.24, 2.45) is 7.05 Å². The van der Waals surface area contributed by atoms with Crippen LogP contribution in [-0.4, -0.2) is 44.8 Å². The van der Waals surface area contributed by atoms with Gasteiger partial charge in [0, 0.05) is 18.8 Å². The molecule has 0 aliphatic carbocycles. The summed E-state index contributed by atoms with van der Waals surface area (Å²) in [5, 5.41) is 7.76. The van der Waals surface area contributed by atoms with E-state index in [0.717, 1.165) is 28.1 Å². The predicted molar refractivity (Wildman–Crippen MR) is 103 cm³/mol. The molecule has 3 aromatic rings. The van der Waals surface area contributed by atoms with Crippen LogP contribution in [0.1, 0.15) is 5.56 Å². The summed E-state index contributed by atoms with van der Waals surface area (Å²) in [5.74, 6) is 0. The molecule has 1 aromatic carbocycles. The summed E-state index contributed by atoms with van der Waals surface area (Å²) in [6.07, 6.45) is 2.42. The fourth-order valence-corrected chi connectivity index (χ4v) is 4.33. The monoisotopic (exact) mass is 487 g/mol. The van der Waals surface area contributed by atoms with Gasteiger partial charge in [0.2, 0.25) is 0 Å². The zero-order chi connectivity index (χ0) is 21.8. The molecule has 2 aromatic heterocycles. The molecule has 2 aliphatic rings. The molecule has 2 atom stereocenters. The number of cyclic esters (lactones) is 1. The third kappa shape index (κ3) is 5.28. The molecule has 11 nitrogen and oxygen atoms in total. The van der Waals surface area contributed by atoms with Crippen molar-refractivity contribution in [1.82, 2.24) is 20.0 Å². The van der Waals surface area contributed by atoms with Gasteiger partial charge in [0.1, 0.15) is 11.8 Å². The summed E-state index contributed by atoms with van der Waals surface area (Å²) in [6.45, 7) is -0.494. The SMILES string of the molecule is Cn1nncc1-c1ccc(-c2ccc3c(c2)C[C@H]2[C@H](COP(=O)([O-])[O-])OC(=O)N32)cn1.[Na+].[Na+]. The Morgan fingerprint density at radius 1 is 1.18 bits per heavy atom. The molecule has 0 spiro atoms. The number of aryl methyl sites for hydroxylation is 1. The van der Waals surface area contributed by atoms with Crippen LogP contribution in [0, 0.1) is 0 Å². The van der Waals surface area contributed by atoms with Crippen LogP contribution < -0.4 is 73.8 Å². The van der Waals surface area contributed by atoms with Crippen LogP contribution in [0.5, 0.6) is 0 Å². The van der Waals surface area contributed by atoms with E-state index < -0.39 is 32.7 Å². The minimum atomic E-state index is -5.15. The quantitative estimate of drug-likeness (QED) is 0.254. The Labute approximate surface area is 233 Å². The van der Waals surface area contributed by atoms with Crippen LogP contribution in [-0.2, 0) is 27.3 Å². The zero-order valence-electron chi connectivity index (χ0n) is 18.2. The largest absolute Gasteiger partial charge is 1.00 e. The molecule has 33 heavy (non-hydrogen) atoms. The Kier molecular flexibility index (Phi) is 8.23. The van der Waals surface area contributed by atoms with Gasteiger partial charge in [-0.1, -0.05) is 17.3 Å². The first-order valence-electron chi connectivity index (χ1n) is 9.41. The number of hydrogen-bond donors (Lipinski definition) is 0. The van der Waals surface area contributed by atoms with Gasteiger partial charge in [-0.05, 0) is 35.7 Å². The molecule has 160 valence electrons. The maximum Gasteiger partial charge on any atom is 1.00 e. The van der Waals surface area contributed by atoms with E-state index in [0.29, 0.717) is 12.1 Å². The maximum absolute atomic E-state index is 12.3. The first-order valence-corrected chi connectivity index (χ1v) is 10.9. The van der Waals surface area contributed by atoms with Gasteiger partial charge in [-0.2, -0.15) is 0 Å². The Morgan fingerprint density at radius 3 is 2.58 bits per heavy atom. The number of aromatic nitrogens is 4. The summed E-state index contributed by atoms with van der Waals surface area (Å²) >= 11 is 0. The van der Waals surface area contributed by atoms with Gasteiger partial charge in [-0.3, -0.25) is 9.88 Å². The van der Waals surface area contributed by atoms with E-state index >= 15 is 0 Å². The number of rotatable bonds is 5. The van der Waals surface area contributed by atoms with E-state index in [9.17, 15) is 19.1 Å². The second kappa shape index (κ2) is 10.2. The van der Waals surface area contributed by atoms with Gasteiger partial charge in [0.25, 0.3) is 0 Å². The van der Waals surface area contributed by atoms with E-state index in [2.05, 4.69) is 19.8 Å². The molecule has 2 aliphatic heterocycles. The Hall–Kier alpha value is -1.11. The average Bonchev–Trinajstić information content (AvgIpc) is 3.40. The Bertz CT molecular complexity index is 1220. The van der Waals surface area contributed by atoms with E-state index in [1.807, 2.05) is 30.3 Å². The van der Waals surface area contributed by atoms with E-state index in [4.69, 9.17) is 4.74 Å². The number of nitrogens with zero attached hydrogens (tertiary/aromatic N) is 5. The standard InChI is InChI=1S/C19H18N5O6P.2Na/c1-23-17(9-21-22-23)14-4-2-12(8-20-14)11-3-5-15-13(6-11)7-16-18(10-29-31(26,27)28)30-19(25)24(15)16;;/h2-6,8-9,16,18H,7,10H2,1H3,(H2,26,27,28);;/q;2*+1/p-2/t16-,18-;;/m0../s1. The number of amides is 1. The molecule has 14 heteroatoms. The number of benzene rings is 1. The number of ether oxygens (including phenoxy) is 1. The number of phosphoric ester groups is 1. The number of carbonyl (C=O) groups excluding carboxylic acids is 1. The fraction of sp³-hybridized carbons (Fsp3) is 0.263. The molecule has 0 radical (unpaired) electrons. The minimum Gasteiger partial charge on any atom is -0.790 e. The van der Waals surface area contributed by atoms with Gasteiger partial charge in [0.05, 0.1) is 38.0 Å². The van der Waals surface area contributed by atoms with Gasteiger partial charge >= 0.3 is 65.2 Å². The minimum absolute atomic E-state index is 0. The molecular formula is C19H16N5Na2O6P. The number of fused-ring (bicyclic) bond motifs is 3. The van der Waals surface area contributed by atoms with Gasteiger partial charge in [-0.15, -0.1) is 5.10 Å². The molecule has 0 N–H and O–H groups in total. The molecule has 1 amide bonds. The second-order valence-corrected chi connectivity index (χ2v) is 8.48. The van der Waals surface area contributed by atoms with Crippen molar-refractivity contribution < 1.29 is 87.5 Å². The Balaban J connectivity index is 0.00000153. The van der Waals surface area contributed by atoms with Crippen molar-refractivity contribution in [3.8, 4) is 22.5 Å². The molecule has 0 unspecified atom stereocenters. The van der Waals surface area contributed by atoms with Crippen molar-refractivity contribution in [2.45, 2.75) is 18.6 Å². The first kappa shape index (κ1) is 26.5. The third-order valence-electron chi connectivity index (χ3n) is 5.45. The summed E-state index contributed by atoms with van der Waals surface area (Å²) in [5.41, 5.74) is 4.98. The van der Waals surface area contributed by atoms with Crippen LogP contribution in [0.4, 0.5) is 10.5 Å². The topological polar surface area (TPSA) is 146 Å².